The molecule has 2 aliphatic heterocycles. The minimum Gasteiger partial charge on any atom is -0.493 e. The average Bonchev–Trinajstić information content (AvgIpc) is 3.16. The van der Waals surface area contributed by atoms with Crippen LogP contribution in [0.5, 0.6) is 5.75 Å². The zero-order valence-corrected chi connectivity index (χ0v) is 19.2. The summed E-state index contributed by atoms with van der Waals surface area (Å²) in [6.07, 6.45) is 6.20. The van der Waals surface area contributed by atoms with Gasteiger partial charge in [-0.1, -0.05) is 12.1 Å². The Labute approximate surface area is 197 Å². The minimum absolute atomic E-state index is 0. The quantitative estimate of drug-likeness (QED) is 0.410. The van der Waals surface area contributed by atoms with Crippen LogP contribution in [-0.2, 0) is 0 Å². The first kappa shape index (κ1) is 23.3. The zero-order chi connectivity index (χ0) is 22.1. The van der Waals surface area contributed by atoms with Crippen molar-refractivity contribution in [3.05, 3.63) is 64.8 Å². The van der Waals surface area contributed by atoms with Crippen molar-refractivity contribution in [2.45, 2.75) is 50.6 Å². The van der Waals surface area contributed by atoms with Gasteiger partial charge in [0.1, 0.15) is 30.2 Å². The van der Waals surface area contributed by atoms with Gasteiger partial charge in [-0.2, -0.15) is 5.43 Å². The number of amides is 1. The number of H-pyrrole nitrogens is 1. The van der Waals surface area contributed by atoms with E-state index in [1.807, 2.05) is 12.1 Å². The summed E-state index contributed by atoms with van der Waals surface area (Å²) in [5.74, 6) is 0.343. The topological polar surface area (TPSA) is 76.1 Å². The molecule has 1 aromatic heterocycles. The molecule has 0 spiro atoms. The summed E-state index contributed by atoms with van der Waals surface area (Å²) in [7, 11) is 0. The van der Waals surface area contributed by atoms with Gasteiger partial charge in [-0.05, 0) is 42.8 Å². The van der Waals surface area contributed by atoms with Crippen molar-refractivity contribution in [3.63, 3.8) is 0 Å². The Morgan fingerprint density at radius 1 is 1.09 bits per heavy atom. The molecule has 0 radical (unpaired) electrons. The first-order chi connectivity index (χ1) is 15.6. The van der Waals surface area contributed by atoms with Gasteiger partial charge in [-0.3, -0.25) is 0 Å². The molecule has 2 atom stereocenters. The highest BCUT2D eigenvalue weighted by Crippen LogP contribution is 2.41. The van der Waals surface area contributed by atoms with E-state index in [2.05, 4.69) is 10.4 Å². The summed E-state index contributed by atoms with van der Waals surface area (Å²) >= 11 is 0. The number of fused-ring (bicyclic) bond motifs is 3. The molecule has 3 heterocycles. The summed E-state index contributed by atoms with van der Waals surface area (Å²) in [5, 5.41) is 0. The van der Waals surface area contributed by atoms with E-state index in [1.165, 1.54) is 23.1 Å². The molecule has 0 saturated carbocycles. The largest absolute Gasteiger partial charge is 0.493 e. The van der Waals surface area contributed by atoms with Gasteiger partial charge in [-0.15, -0.1) is 12.4 Å². The van der Waals surface area contributed by atoms with Gasteiger partial charge in [-0.25, -0.2) is 23.1 Å². The summed E-state index contributed by atoms with van der Waals surface area (Å²) in [6, 6.07) is 13.5. The second-order valence-electron chi connectivity index (χ2n) is 8.83. The lowest BCUT2D eigenvalue weighted by Gasteiger charge is -2.46. The Bertz CT molecular complexity index is 1160. The highest BCUT2D eigenvalue weighted by molar-refractivity contribution is 5.88. The number of carbonyl (C=O) groups excluding carboxylic acids is 1. The highest BCUT2D eigenvalue weighted by atomic mass is 35.5. The number of hydrogen-bond acceptors (Lipinski definition) is 3. The van der Waals surface area contributed by atoms with Crippen molar-refractivity contribution in [2.75, 3.05) is 13.2 Å². The number of aromatic amines is 1. The molecular weight excluding hydrogens is 447 g/mol. The number of carbonyl (C=O) groups is 1. The Morgan fingerprint density at radius 2 is 1.79 bits per heavy atom. The van der Waals surface area contributed by atoms with Gasteiger partial charge in [0.25, 0.3) is 0 Å². The van der Waals surface area contributed by atoms with Crippen LogP contribution in [0.25, 0.3) is 11.0 Å². The van der Waals surface area contributed by atoms with Crippen LogP contribution in [0.2, 0.25) is 0 Å². The van der Waals surface area contributed by atoms with E-state index >= 15 is 0 Å². The van der Waals surface area contributed by atoms with Crippen LogP contribution in [0.4, 0.5) is 9.18 Å². The number of nitrogens with zero attached hydrogens (tertiary/aromatic N) is 2. The molecule has 2 bridgehead atoms. The minimum atomic E-state index is -0.425. The average molecular weight is 476 g/mol. The Balaban J connectivity index is 0.00000259. The summed E-state index contributed by atoms with van der Waals surface area (Å²) in [4.78, 5) is 28.7. The lowest BCUT2D eigenvalue weighted by molar-refractivity contribution is -0.997. The van der Waals surface area contributed by atoms with E-state index in [0.717, 1.165) is 38.6 Å². The number of quaternary nitrogens is 1. The molecule has 2 saturated heterocycles. The van der Waals surface area contributed by atoms with Gasteiger partial charge in [0.15, 0.2) is 0 Å². The number of aromatic nitrogens is 2. The van der Waals surface area contributed by atoms with Crippen molar-refractivity contribution < 1.29 is 18.5 Å². The number of ether oxygens (including phenoxy) is 1. The van der Waals surface area contributed by atoms with Crippen LogP contribution in [0.3, 0.4) is 0 Å². The van der Waals surface area contributed by atoms with Gasteiger partial charge in [0.2, 0.25) is 0 Å². The molecule has 7 nitrogen and oxygen atoms in total. The van der Waals surface area contributed by atoms with Crippen LogP contribution in [0.15, 0.2) is 53.3 Å². The number of piperidine rings is 1. The van der Waals surface area contributed by atoms with Crippen LogP contribution in [0, 0.1) is 5.82 Å². The van der Waals surface area contributed by atoms with Crippen LogP contribution < -0.4 is 15.9 Å². The molecule has 2 N–H and O–H groups in total. The maximum absolute atomic E-state index is 13.4. The van der Waals surface area contributed by atoms with Gasteiger partial charge >= 0.3 is 11.7 Å². The van der Waals surface area contributed by atoms with E-state index in [9.17, 15) is 14.0 Å². The van der Waals surface area contributed by atoms with Gasteiger partial charge in [0.05, 0.1) is 17.6 Å². The number of halogens is 2. The smallest absolute Gasteiger partial charge is 0.374 e. The van der Waals surface area contributed by atoms with E-state index in [4.69, 9.17) is 4.74 Å². The van der Waals surface area contributed by atoms with Crippen LogP contribution >= 0.6 is 12.4 Å². The van der Waals surface area contributed by atoms with E-state index in [1.54, 1.807) is 24.3 Å². The third-order valence-electron chi connectivity index (χ3n) is 7.06. The number of para-hydroxylation sites is 2. The van der Waals surface area contributed by atoms with E-state index < -0.39 is 5.69 Å². The lowest BCUT2D eigenvalue weighted by Crippen LogP contribution is -2.69. The fourth-order valence-corrected chi connectivity index (χ4v) is 5.62. The number of rotatable bonds is 6. The molecular formula is C24H29ClFN4O3+. The molecule has 9 heteroatoms. The first-order valence-corrected chi connectivity index (χ1v) is 11.3. The molecule has 5 rings (SSSR count). The van der Waals surface area contributed by atoms with Gasteiger partial charge in [0, 0.05) is 32.1 Å². The van der Waals surface area contributed by atoms with Crippen LogP contribution in [-0.4, -0.2) is 45.4 Å². The fourth-order valence-electron chi connectivity index (χ4n) is 5.62. The van der Waals surface area contributed by atoms with Crippen LogP contribution in [0.1, 0.15) is 38.5 Å². The number of imidazole rings is 1. The predicted octanol–water partition coefficient (Wildman–Crippen LogP) is 4.36. The van der Waals surface area contributed by atoms with E-state index in [-0.39, 0.29) is 24.3 Å². The standard InChI is InChI=1S/C24H27FN4O3.ClH/c25-17-9-13-20(14-10-17)32-16-4-15-29(18-5-3-6-19(29)12-11-18)27-24(31)28-22-8-2-1-7-21(22)26-23(28)30;/h1-2,7-10,13-14,18-19H,3-6,11-12,15-16H2,(H-,26,27,30,31);1H/p+1. The molecule has 0 aliphatic carbocycles. The molecule has 3 aromatic rings. The maximum atomic E-state index is 13.4. The second kappa shape index (κ2) is 9.57. The molecule has 1 amide bonds. The molecule has 2 aliphatic rings. The lowest BCUT2D eigenvalue weighted by atomic mass is 10.0. The number of benzene rings is 2. The van der Waals surface area contributed by atoms with E-state index in [0.29, 0.717) is 40.1 Å². The van der Waals surface area contributed by atoms with Crippen molar-refractivity contribution >= 4 is 29.5 Å². The fraction of sp³-hybridized carbons (Fsp3) is 0.417. The number of hydrogen-bond donors (Lipinski definition) is 2. The molecule has 176 valence electrons. The van der Waals surface area contributed by atoms with Crippen molar-refractivity contribution in [1.82, 2.24) is 15.0 Å². The molecule has 33 heavy (non-hydrogen) atoms. The Hall–Kier alpha value is -2.84. The second-order valence-corrected chi connectivity index (χ2v) is 8.83. The molecule has 2 unspecified atom stereocenters. The van der Waals surface area contributed by atoms with Gasteiger partial charge < -0.3 is 9.72 Å². The SMILES string of the molecule is Cl.O=C(N[N+]1(CCCOc2ccc(F)cc2)C2CCCC1CC2)n1c(=O)[nH]c2ccccc21. The summed E-state index contributed by atoms with van der Waals surface area (Å²) in [5.41, 5.74) is 4.07. The highest BCUT2D eigenvalue weighted by Gasteiger charge is 2.53. The Kier molecular flexibility index (Phi) is 6.76. The third kappa shape index (κ3) is 4.37. The Morgan fingerprint density at radius 3 is 2.52 bits per heavy atom. The summed E-state index contributed by atoms with van der Waals surface area (Å²) < 4.78 is 20.6. The van der Waals surface area contributed by atoms with Crippen molar-refractivity contribution in [3.8, 4) is 5.75 Å². The predicted molar refractivity (Wildman–Crippen MR) is 126 cm³/mol. The molecule has 2 aromatic carbocycles. The number of nitrogens with one attached hydrogen (secondary N) is 2. The first-order valence-electron chi connectivity index (χ1n) is 11.3. The molecule has 2 fully saturated rings. The van der Waals surface area contributed by atoms with Crippen molar-refractivity contribution in [1.29, 1.82) is 0 Å². The monoisotopic (exact) mass is 475 g/mol. The maximum Gasteiger partial charge on any atom is 0.374 e. The zero-order valence-electron chi connectivity index (χ0n) is 18.3. The third-order valence-corrected chi connectivity index (χ3v) is 7.06. The van der Waals surface area contributed by atoms with Crippen molar-refractivity contribution in [2.24, 2.45) is 0 Å². The normalized spacial score (nSPS) is 23.8. The summed E-state index contributed by atoms with van der Waals surface area (Å²) in [6.45, 7) is 1.22.